The smallest absolute Gasteiger partial charge is 0.0411 e. The van der Waals surface area contributed by atoms with Crippen molar-refractivity contribution >= 4 is 11.4 Å². The fourth-order valence-corrected chi connectivity index (χ4v) is 5.51. The van der Waals surface area contributed by atoms with Crippen molar-refractivity contribution in [2.24, 2.45) is 5.73 Å². The molecule has 0 aliphatic heterocycles. The minimum atomic E-state index is 0.604. The number of nitrogens with two attached hydrogens (primary N) is 1. The minimum Gasteiger partial charge on any atom is -0.340 e. The Morgan fingerprint density at radius 1 is 0.528 bits per heavy atom. The Morgan fingerprint density at radius 3 is 1.17 bits per heavy atom. The molecule has 0 aliphatic rings. The van der Waals surface area contributed by atoms with Gasteiger partial charge in [0.05, 0.1) is 0 Å². The number of rotatable bonds is 8. The molecule has 0 aromatic heterocycles. The van der Waals surface area contributed by atoms with Gasteiger partial charge < -0.3 is 10.6 Å². The van der Waals surface area contributed by atoms with E-state index in [1.54, 1.807) is 0 Å². The van der Waals surface area contributed by atoms with Crippen LogP contribution in [0.25, 0.3) is 0 Å². The van der Waals surface area contributed by atoms with E-state index in [-0.39, 0.29) is 0 Å². The third kappa shape index (κ3) is 5.88. The Morgan fingerprint density at radius 2 is 0.861 bits per heavy atom. The van der Waals surface area contributed by atoms with Crippen LogP contribution in [-0.2, 0) is 12.8 Å². The van der Waals surface area contributed by atoms with Crippen LogP contribution in [0, 0.1) is 41.5 Å². The topological polar surface area (TPSA) is 29.3 Å². The first-order valence-corrected chi connectivity index (χ1v) is 13.0. The zero-order chi connectivity index (χ0) is 25.8. The van der Waals surface area contributed by atoms with E-state index < -0.39 is 0 Å². The summed E-state index contributed by atoms with van der Waals surface area (Å²) in [7, 11) is 0. The zero-order valence-corrected chi connectivity index (χ0v) is 22.8. The lowest BCUT2D eigenvalue weighted by atomic mass is 9.94. The molecule has 0 atom stereocenters. The highest BCUT2D eigenvalue weighted by molar-refractivity contribution is 5.64. The first-order chi connectivity index (χ1) is 17.2. The second-order valence-corrected chi connectivity index (χ2v) is 10.4. The van der Waals surface area contributed by atoms with Crippen LogP contribution in [0.3, 0.4) is 0 Å². The highest BCUT2D eigenvalue weighted by atomic mass is 15.1. The molecular weight excluding hydrogens is 436 g/mol. The molecule has 0 spiro atoms. The maximum atomic E-state index is 6.02. The molecule has 0 radical (unpaired) electrons. The van der Waals surface area contributed by atoms with Gasteiger partial charge in [-0.25, -0.2) is 0 Å². The Balaban J connectivity index is 1.52. The minimum absolute atomic E-state index is 0.604. The van der Waals surface area contributed by atoms with Gasteiger partial charge >= 0.3 is 0 Å². The van der Waals surface area contributed by atoms with Gasteiger partial charge in [0, 0.05) is 24.5 Å². The van der Waals surface area contributed by atoms with Crippen molar-refractivity contribution in [2.45, 2.75) is 54.4 Å². The number of anilines is 2. The third-order valence-corrected chi connectivity index (χ3v) is 7.29. The molecule has 4 rings (SSSR count). The van der Waals surface area contributed by atoms with Gasteiger partial charge in [-0.05, 0) is 123 Å². The molecule has 2 heteroatoms. The Kier molecular flexibility index (Phi) is 7.96. The summed E-state index contributed by atoms with van der Waals surface area (Å²) in [6.45, 7) is 14.6. The predicted molar refractivity (Wildman–Crippen MR) is 156 cm³/mol. The normalized spacial score (nSPS) is 11.1. The molecule has 0 bridgehead atoms. The maximum absolute atomic E-state index is 6.02. The number of hydrogen-bond donors (Lipinski definition) is 1. The largest absolute Gasteiger partial charge is 0.340 e. The van der Waals surface area contributed by atoms with E-state index in [1.807, 2.05) is 0 Å². The van der Waals surface area contributed by atoms with E-state index in [0.29, 0.717) is 6.54 Å². The summed E-state index contributed by atoms with van der Waals surface area (Å²) in [4.78, 5) is 2.32. The van der Waals surface area contributed by atoms with Crippen molar-refractivity contribution in [3.63, 3.8) is 0 Å². The van der Waals surface area contributed by atoms with Crippen molar-refractivity contribution in [1.29, 1.82) is 0 Å². The van der Waals surface area contributed by atoms with Crippen LogP contribution in [0.4, 0.5) is 11.4 Å². The Labute approximate surface area is 217 Å². The molecule has 0 unspecified atom stereocenters. The third-order valence-electron chi connectivity index (χ3n) is 7.29. The second-order valence-electron chi connectivity index (χ2n) is 10.4. The van der Waals surface area contributed by atoms with Crippen molar-refractivity contribution < 1.29 is 0 Å². The highest BCUT2D eigenvalue weighted by Gasteiger charge is 2.11. The molecule has 2 nitrogen and oxygen atoms in total. The van der Waals surface area contributed by atoms with Gasteiger partial charge in [0.1, 0.15) is 0 Å². The van der Waals surface area contributed by atoms with Crippen LogP contribution in [-0.4, -0.2) is 13.1 Å². The second kappa shape index (κ2) is 11.1. The fraction of sp³-hybridized carbons (Fsp3) is 0.294. The van der Waals surface area contributed by atoms with Crippen molar-refractivity contribution in [1.82, 2.24) is 0 Å². The van der Waals surface area contributed by atoms with E-state index in [0.717, 1.165) is 19.4 Å². The lowest BCUT2D eigenvalue weighted by molar-refractivity contribution is 0.921. The summed E-state index contributed by atoms with van der Waals surface area (Å²) < 4.78 is 0. The zero-order valence-electron chi connectivity index (χ0n) is 22.8. The van der Waals surface area contributed by atoms with Gasteiger partial charge in [-0.15, -0.1) is 0 Å². The van der Waals surface area contributed by atoms with Gasteiger partial charge in [0.15, 0.2) is 0 Å². The van der Waals surface area contributed by atoms with Crippen LogP contribution < -0.4 is 10.6 Å². The molecular formula is C34H40N2. The summed E-state index contributed by atoms with van der Waals surface area (Å²) in [5.74, 6) is 0. The first-order valence-electron chi connectivity index (χ1n) is 13.0. The summed E-state index contributed by atoms with van der Waals surface area (Å²) in [5, 5.41) is 0. The molecule has 2 N–H and O–H groups in total. The molecule has 186 valence electrons. The molecule has 0 heterocycles. The van der Waals surface area contributed by atoms with Crippen molar-refractivity contribution in [3.05, 3.63) is 128 Å². The SMILES string of the molecule is Cc1cc(C)c(Cc2ccc(N(CCN)c3ccc(Cc4c(C)cc(C)cc4C)cc3)cc2)c(C)c1. The molecule has 36 heavy (non-hydrogen) atoms. The summed E-state index contributed by atoms with van der Waals surface area (Å²) >= 11 is 0. The summed E-state index contributed by atoms with van der Waals surface area (Å²) in [6, 6.07) is 27.1. The molecule has 4 aromatic carbocycles. The summed E-state index contributed by atoms with van der Waals surface area (Å²) in [5.41, 5.74) is 22.1. The van der Waals surface area contributed by atoms with Crippen LogP contribution in [0.5, 0.6) is 0 Å². The number of benzene rings is 4. The Bertz CT molecular complexity index is 1180. The van der Waals surface area contributed by atoms with Gasteiger partial charge in [-0.2, -0.15) is 0 Å². The number of nitrogens with zero attached hydrogens (tertiary/aromatic N) is 1. The van der Waals surface area contributed by atoms with Crippen LogP contribution in [0.15, 0.2) is 72.8 Å². The van der Waals surface area contributed by atoms with Crippen LogP contribution in [0.2, 0.25) is 0 Å². The van der Waals surface area contributed by atoms with Gasteiger partial charge in [-0.3, -0.25) is 0 Å². The molecule has 0 saturated heterocycles. The van der Waals surface area contributed by atoms with Gasteiger partial charge in [0.25, 0.3) is 0 Å². The average Bonchev–Trinajstić information content (AvgIpc) is 2.83. The molecule has 4 aromatic rings. The average molecular weight is 477 g/mol. The highest BCUT2D eigenvalue weighted by Crippen LogP contribution is 2.28. The quantitative estimate of drug-likeness (QED) is 0.281. The predicted octanol–water partition coefficient (Wildman–Crippen LogP) is 7.82. The van der Waals surface area contributed by atoms with Crippen LogP contribution in [0.1, 0.15) is 55.6 Å². The maximum Gasteiger partial charge on any atom is 0.0411 e. The standard InChI is InChI=1S/C34H40N2/c1-23-17-25(3)33(26(4)18-23)21-29-7-11-31(12-8-29)36(16-15-35)32-13-9-30(10-14-32)22-34-27(5)19-24(2)20-28(34)6/h7-14,17-20H,15-16,21-22,35H2,1-6H3. The molecule has 0 aliphatic carbocycles. The number of hydrogen-bond acceptors (Lipinski definition) is 2. The molecule has 0 saturated carbocycles. The lowest BCUT2D eigenvalue weighted by Gasteiger charge is -2.25. The van der Waals surface area contributed by atoms with Gasteiger partial charge in [-0.1, -0.05) is 59.7 Å². The van der Waals surface area contributed by atoms with E-state index in [1.165, 1.54) is 67.0 Å². The fourth-order valence-electron chi connectivity index (χ4n) is 5.51. The van der Waals surface area contributed by atoms with Crippen molar-refractivity contribution in [2.75, 3.05) is 18.0 Å². The first kappa shape index (κ1) is 25.7. The van der Waals surface area contributed by atoms with E-state index in [9.17, 15) is 0 Å². The van der Waals surface area contributed by atoms with Crippen LogP contribution >= 0.6 is 0 Å². The molecule has 0 amide bonds. The van der Waals surface area contributed by atoms with Gasteiger partial charge in [0.2, 0.25) is 0 Å². The van der Waals surface area contributed by atoms with E-state index in [2.05, 4.69) is 119 Å². The Hall–Kier alpha value is -3.36. The van der Waals surface area contributed by atoms with E-state index >= 15 is 0 Å². The van der Waals surface area contributed by atoms with Crippen molar-refractivity contribution in [3.8, 4) is 0 Å². The number of aryl methyl sites for hydroxylation is 6. The lowest BCUT2D eigenvalue weighted by Crippen LogP contribution is -2.24. The monoisotopic (exact) mass is 476 g/mol. The molecule has 0 fully saturated rings. The summed E-state index contributed by atoms with van der Waals surface area (Å²) in [6.07, 6.45) is 1.92. The van der Waals surface area contributed by atoms with E-state index in [4.69, 9.17) is 5.73 Å².